The molecule has 1 aliphatic heterocycles. The number of benzene rings is 2. The van der Waals surface area contributed by atoms with Gasteiger partial charge in [-0.15, -0.1) is 0 Å². The Morgan fingerprint density at radius 2 is 1.70 bits per heavy atom. The highest BCUT2D eigenvalue weighted by Gasteiger charge is 2.30. The number of amides is 3. The number of carbonyl (C=O) groups excluding carboxylic acids is 4. The molecule has 2 aromatic rings. The molecule has 0 bridgehead atoms. The average Bonchev–Trinajstić information content (AvgIpc) is 2.93. The van der Waals surface area contributed by atoms with Crippen LogP contribution in [0.25, 0.3) is 0 Å². The molecule has 0 radical (unpaired) electrons. The van der Waals surface area contributed by atoms with Crippen LogP contribution in [0.3, 0.4) is 0 Å². The molecule has 1 heterocycles. The summed E-state index contributed by atoms with van der Waals surface area (Å²) in [4.78, 5) is 61.7. The lowest BCUT2D eigenvalue weighted by molar-refractivity contribution is -0.143. The number of nitrogens with two attached hydrogens (primary N) is 1. The molecule has 3 amide bonds. The minimum absolute atomic E-state index is 0.0292. The number of amidine groups is 1. The number of fused-ring (bicyclic) bond motifs is 1. The topological polar surface area (TPSA) is 183 Å². The number of carbonyl (C=O) groups is 5. The number of anilines is 2. The van der Waals surface area contributed by atoms with Crippen LogP contribution in [0.2, 0.25) is 0 Å². The summed E-state index contributed by atoms with van der Waals surface area (Å²) in [6.45, 7) is 2.87. The standard InChI is InChI=1S/C23H25N5O5.C2H4O2/c1-3-33-20(30)10-11-28-13-19(29)27(2)18-9-8-16(12-17(18)23(28)32)26-22(31)15-6-4-14(5-7-15)21(24)25;1-2(3)4/h4-9,12H,3,10-11,13H2,1-2H3,(H3,24,25)(H,26,31);1H3,(H,3,4). The van der Waals surface area contributed by atoms with Gasteiger partial charge in [0.25, 0.3) is 17.8 Å². The maximum atomic E-state index is 13.2. The van der Waals surface area contributed by atoms with Crippen LogP contribution in [-0.2, 0) is 19.1 Å². The number of likely N-dealkylation sites (N-methyl/N-ethyl adjacent to an activating group) is 1. The fourth-order valence-corrected chi connectivity index (χ4v) is 3.37. The van der Waals surface area contributed by atoms with E-state index in [0.29, 0.717) is 22.5 Å². The fraction of sp³-hybridized carbons (Fsp3) is 0.280. The Balaban J connectivity index is 0.00000112. The molecule has 37 heavy (non-hydrogen) atoms. The van der Waals surface area contributed by atoms with Gasteiger partial charge in [-0.05, 0) is 37.3 Å². The predicted octanol–water partition coefficient (Wildman–Crippen LogP) is 1.69. The second kappa shape index (κ2) is 12.8. The van der Waals surface area contributed by atoms with Crippen molar-refractivity contribution in [2.75, 3.05) is 37.0 Å². The number of ether oxygens (including phenoxy) is 1. The van der Waals surface area contributed by atoms with Gasteiger partial charge < -0.3 is 30.7 Å². The first kappa shape index (κ1) is 28.5. The van der Waals surface area contributed by atoms with E-state index in [4.69, 9.17) is 25.8 Å². The van der Waals surface area contributed by atoms with Gasteiger partial charge in [-0.25, -0.2) is 0 Å². The number of carboxylic acid groups (broad SMARTS) is 1. The molecule has 0 fully saturated rings. The van der Waals surface area contributed by atoms with E-state index in [-0.39, 0.29) is 43.4 Å². The molecule has 196 valence electrons. The Labute approximate surface area is 213 Å². The first-order valence-electron chi connectivity index (χ1n) is 11.2. The van der Waals surface area contributed by atoms with Gasteiger partial charge >= 0.3 is 5.97 Å². The number of nitrogen functional groups attached to an aromatic ring is 1. The van der Waals surface area contributed by atoms with Gasteiger partial charge in [0.05, 0.1) is 24.3 Å². The Morgan fingerprint density at radius 1 is 1.11 bits per heavy atom. The zero-order valence-electron chi connectivity index (χ0n) is 20.7. The number of hydrogen-bond donors (Lipinski definition) is 4. The summed E-state index contributed by atoms with van der Waals surface area (Å²) in [5, 5.41) is 17.6. The zero-order chi connectivity index (χ0) is 27.7. The quantitative estimate of drug-likeness (QED) is 0.246. The molecule has 0 saturated carbocycles. The Hall–Kier alpha value is -4.74. The monoisotopic (exact) mass is 511 g/mol. The molecule has 12 heteroatoms. The molecular formula is C25H29N5O7. The van der Waals surface area contributed by atoms with Gasteiger partial charge in [-0.2, -0.15) is 0 Å². The minimum Gasteiger partial charge on any atom is -0.481 e. The predicted molar refractivity (Wildman–Crippen MR) is 136 cm³/mol. The van der Waals surface area contributed by atoms with Crippen molar-refractivity contribution in [1.29, 1.82) is 5.41 Å². The van der Waals surface area contributed by atoms with Gasteiger partial charge in [0.15, 0.2) is 0 Å². The van der Waals surface area contributed by atoms with E-state index in [1.54, 1.807) is 50.4 Å². The summed E-state index contributed by atoms with van der Waals surface area (Å²) < 4.78 is 4.90. The van der Waals surface area contributed by atoms with Crippen molar-refractivity contribution < 1.29 is 33.8 Å². The lowest BCUT2D eigenvalue weighted by Crippen LogP contribution is -2.39. The molecule has 0 spiro atoms. The molecule has 0 aliphatic carbocycles. The highest BCUT2D eigenvalue weighted by molar-refractivity contribution is 6.11. The highest BCUT2D eigenvalue weighted by atomic mass is 16.5. The van der Waals surface area contributed by atoms with Crippen molar-refractivity contribution in [3.05, 3.63) is 59.2 Å². The summed E-state index contributed by atoms with van der Waals surface area (Å²) in [6, 6.07) is 10.9. The van der Waals surface area contributed by atoms with Crippen molar-refractivity contribution in [3.8, 4) is 0 Å². The van der Waals surface area contributed by atoms with Crippen molar-refractivity contribution in [2.45, 2.75) is 20.3 Å². The molecule has 5 N–H and O–H groups in total. The van der Waals surface area contributed by atoms with Gasteiger partial charge in [-0.3, -0.25) is 29.4 Å². The SMILES string of the molecule is CC(=O)O.CCOC(=O)CCN1CC(=O)N(C)c2ccc(NC(=O)c3ccc(C(=N)N)cc3)cc2C1=O. The van der Waals surface area contributed by atoms with E-state index in [2.05, 4.69) is 5.32 Å². The van der Waals surface area contributed by atoms with Gasteiger partial charge in [-0.1, -0.05) is 12.1 Å². The third-order valence-corrected chi connectivity index (χ3v) is 5.18. The van der Waals surface area contributed by atoms with E-state index in [1.807, 2.05) is 0 Å². The molecular weight excluding hydrogens is 482 g/mol. The van der Waals surface area contributed by atoms with E-state index in [9.17, 15) is 19.2 Å². The molecule has 3 rings (SSSR count). The fourth-order valence-electron chi connectivity index (χ4n) is 3.37. The lowest BCUT2D eigenvalue weighted by atomic mass is 10.1. The van der Waals surface area contributed by atoms with E-state index < -0.39 is 23.8 Å². The van der Waals surface area contributed by atoms with Crippen molar-refractivity contribution in [3.63, 3.8) is 0 Å². The van der Waals surface area contributed by atoms with E-state index in [0.717, 1.165) is 6.92 Å². The number of hydrogen-bond acceptors (Lipinski definition) is 7. The Morgan fingerprint density at radius 3 is 2.27 bits per heavy atom. The largest absolute Gasteiger partial charge is 0.481 e. The van der Waals surface area contributed by atoms with E-state index in [1.165, 1.54) is 15.9 Å². The number of aliphatic carboxylic acids is 1. The summed E-state index contributed by atoms with van der Waals surface area (Å²) in [7, 11) is 1.57. The van der Waals surface area contributed by atoms with Crippen molar-refractivity contribution >= 4 is 46.9 Å². The number of nitrogens with zero attached hydrogens (tertiary/aromatic N) is 2. The summed E-state index contributed by atoms with van der Waals surface area (Å²) >= 11 is 0. The van der Waals surface area contributed by atoms with Crippen LogP contribution in [0.15, 0.2) is 42.5 Å². The van der Waals surface area contributed by atoms with E-state index >= 15 is 0 Å². The highest BCUT2D eigenvalue weighted by Crippen LogP contribution is 2.28. The number of rotatable bonds is 7. The third kappa shape index (κ3) is 7.88. The molecule has 0 unspecified atom stereocenters. The molecule has 1 aliphatic rings. The molecule has 0 aromatic heterocycles. The summed E-state index contributed by atoms with van der Waals surface area (Å²) in [6.07, 6.45) is -0.0292. The lowest BCUT2D eigenvalue weighted by Gasteiger charge is -2.19. The van der Waals surface area contributed by atoms with Crippen LogP contribution < -0.4 is 16.0 Å². The summed E-state index contributed by atoms with van der Waals surface area (Å²) in [5.41, 5.74) is 7.30. The summed E-state index contributed by atoms with van der Waals surface area (Å²) in [5.74, 6) is -2.51. The minimum atomic E-state index is -0.833. The van der Waals surface area contributed by atoms with Crippen LogP contribution in [0.4, 0.5) is 11.4 Å². The van der Waals surface area contributed by atoms with Gasteiger partial charge in [0, 0.05) is 37.3 Å². The normalized spacial score (nSPS) is 12.5. The van der Waals surface area contributed by atoms with Crippen LogP contribution >= 0.6 is 0 Å². The Bertz CT molecular complexity index is 1210. The smallest absolute Gasteiger partial charge is 0.307 e. The molecule has 12 nitrogen and oxygen atoms in total. The van der Waals surface area contributed by atoms with Crippen LogP contribution in [0.1, 0.15) is 46.5 Å². The first-order chi connectivity index (χ1) is 17.4. The van der Waals surface area contributed by atoms with Gasteiger partial charge in [0.1, 0.15) is 12.4 Å². The van der Waals surface area contributed by atoms with Crippen LogP contribution in [0.5, 0.6) is 0 Å². The number of esters is 1. The second-order valence-corrected chi connectivity index (χ2v) is 7.93. The molecule has 0 atom stereocenters. The van der Waals surface area contributed by atoms with Crippen LogP contribution in [-0.4, -0.2) is 72.2 Å². The maximum absolute atomic E-state index is 13.2. The molecule has 0 saturated heterocycles. The first-order valence-corrected chi connectivity index (χ1v) is 11.2. The number of carboxylic acids is 1. The third-order valence-electron chi connectivity index (χ3n) is 5.18. The maximum Gasteiger partial charge on any atom is 0.307 e. The van der Waals surface area contributed by atoms with Gasteiger partial charge in [0.2, 0.25) is 5.91 Å². The van der Waals surface area contributed by atoms with Crippen molar-refractivity contribution in [2.24, 2.45) is 5.73 Å². The zero-order valence-corrected chi connectivity index (χ0v) is 20.7. The average molecular weight is 512 g/mol. The van der Waals surface area contributed by atoms with Crippen molar-refractivity contribution in [1.82, 2.24) is 4.90 Å². The Kier molecular flexibility index (Phi) is 9.87. The molecule has 2 aromatic carbocycles. The number of nitrogens with one attached hydrogen (secondary N) is 2. The second-order valence-electron chi connectivity index (χ2n) is 7.93. The van der Waals surface area contributed by atoms with Crippen LogP contribution in [0, 0.1) is 5.41 Å².